The third kappa shape index (κ3) is 5.03. The van der Waals surface area contributed by atoms with E-state index in [4.69, 9.17) is 0 Å². The van der Waals surface area contributed by atoms with Gasteiger partial charge in [0.2, 0.25) is 0 Å². The van der Waals surface area contributed by atoms with Crippen LogP contribution in [0.3, 0.4) is 0 Å². The van der Waals surface area contributed by atoms with E-state index in [0.717, 1.165) is 50.7 Å². The van der Waals surface area contributed by atoms with Gasteiger partial charge in [-0.15, -0.1) is 0 Å². The van der Waals surface area contributed by atoms with Gasteiger partial charge in [0, 0.05) is 36.8 Å². The summed E-state index contributed by atoms with van der Waals surface area (Å²) in [6.07, 6.45) is 1.92. The van der Waals surface area contributed by atoms with E-state index >= 15 is 0 Å². The largest absolute Gasteiger partial charge is 0.418 e. The van der Waals surface area contributed by atoms with Crippen LogP contribution >= 0.6 is 0 Å². The zero-order chi connectivity index (χ0) is 23.8. The van der Waals surface area contributed by atoms with Gasteiger partial charge in [0.15, 0.2) is 5.78 Å². The normalized spacial score (nSPS) is 23.2. The summed E-state index contributed by atoms with van der Waals surface area (Å²) in [5.74, 6) is 0.797. The summed E-state index contributed by atoms with van der Waals surface area (Å²) in [6, 6.07) is 6.11. The molecule has 7 heteroatoms. The van der Waals surface area contributed by atoms with Crippen LogP contribution in [0.15, 0.2) is 30.5 Å². The molecule has 2 fully saturated rings. The monoisotopic (exact) mass is 461 g/mol. The Morgan fingerprint density at radius 1 is 1.09 bits per heavy atom. The maximum Gasteiger partial charge on any atom is 0.418 e. The minimum Gasteiger partial charge on any atom is -0.370 e. The number of rotatable bonds is 5. The Bertz CT molecular complexity index is 998. The SMILES string of the molecule is C[C@H]1C[C@@H](CC(=O)C(C)(C)N2CCCCC2)CN(c2ccc(C(F)(F)F)c3ncccc23)C1. The first kappa shape index (κ1) is 24.0. The smallest absolute Gasteiger partial charge is 0.370 e. The van der Waals surface area contributed by atoms with E-state index in [2.05, 4.69) is 21.7 Å². The van der Waals surface area contributed by atoms with Gasteiger partial charge in [0.25, 0.3) is 0 Å². The summed E-state index contributed by atoms with van der Waals surface area (Å²) in [6.45, 7) is 9.60. The van der Waals surface area contributed by atoms with Crippen molar-refractivity contribution >= 4 is 22.4 Å². The van der Waals surface area contributed by atoms with Crippen LogP contribution in [0.1, 0.15) is 58.4 Å². The molecule has 0 radical (unpaired) electrons. The van der Waals surface area contributed by atoms with Gasteiger partial charge in [-0.3, -0.25) is 14.7 Å². The van der Waals surface area contributed by atoms with Crippen molar-refractivity contribution in [1.29, 1.82) is 0 Å². The molecule has 4 rings (SSSR count). The van der Waals surface area contributed by atoms with Crippen LogP contribution in [0.2, 0.25) is 0 Å². The molecule has 3 heterocycles. The summed E-state index contributed by atoms with van der Waals surface area (Å²) in [7, 11) is 0. The number of pyridine rings is 1. The van der Waals surface area contributed by atoms with Crippen LogP contribution in [0.4, 0.5) is 18.9 Å². The maximum atomic E-state index is 13.5. The van der Waals surface area contributed by atoms with Crippen molar-refractivity contribution in [3.8, 4) is 0 Å². The number of hydrogen-bond donors (Lipinski definition) is 0. The standard InChI is InChI=1S/C26H34F3N3O/c1-18-14-19(15-23(33)25(2,3)32-12-5-4-6-13-32)17-31(16-18)22-10-9-21(26(27,28)29)24-20(22)8-7-11-30-24/h7-11,18-19H,4-6,12-17H2,1-3H3/t18-,19-/m0/s1. The van der Waals surface area contributed by atoms with Gasteiger partial charge in [-0.25, -0.2) is 0 Å². The Hall–Kier alpha value is -2.15. The quantitative estimate of drug-likeness (QED) is 0.552. The van der Waals surface area contributed by atoms with E-state index in [1.807, 2.05) is 13.8 Å². The summed E-state index contributed by atoms with van der Waals surface area (Å²) >= 11 is 0. The summed E-state index contributed by atoms with van der Waals surface area (Å²) < 4.78 is 40.6. The number of halogens is 3. The van der Waals surface area contributed by atoms with E-state index in [-0.39, 0.29) is 17.2 Å². The van der Waals surface area contributed by atoms with Crippen molar-refractivity contribution < 1.29 is 18.0 Å². The van der Waals surface area contributed by atoms with Crippen molar-refractivity contribution in [3.05, 3.63) is 36.0 Å². The highest BCUT2D eigenvalue weighted by molar-refractivity contribution is 5.94. The number of nitrogens with zero attached hydrogens (tertiary/aromatic N) is 3. The number of likely N-dealkylation sites (tertiary alicyclic amines) is 1. The van der Waals surface area contributed by atoms with E-state index < -0.39 is 17.3 Å². The average Bonchev–Trinajstić information content (AvgIpc) is 2.77. The number of aromatic nitrogens is 1. The number of alkyl halides is 3. The van der Waals surface area contributed by atoms with Crippen LogP contribution in [0, 0.1) is 11.8 Å². The molecule has 0 bridgehead atoms. The molecule has 2 aliphatic heterocycles. The highest BCUT2D eigenvalue weighted by Crippen LogP contribution is 2.39. The number of hydrogen-bond acceptors (Lipinski definition) is 4. The number of piperidine rings is 2. The molecule has 0 unspecified atom stereocenters. The second kappa shape index (κ2) is 9.24. The number of Topliss-reactive ketones (excluding diaryl/α,β-unsaturated/α-hetero) is 1. The first-order chi connectivity index (χ1) is 15.6. The van der Waals surface area contributed by atoms with Gasteiger partial charge in [0.05, 0.1) is 16.6 Å². The maximum absolute atomic E-state index is 13.5. The van der Waals surface area contributed by atoms with Gasteiger partial charge >= 0.3 is 6.18 Å². The predicted molar refractivity (Wildman–Crippen MR) is 125 cm³/mol. The first-order valence-corrected chi connectivity index (χ1v) is 12.1. The van der Waals surface area contributed by atoms with Gasteiger partial charge < -0.3 is 4.90 Å². The van der Waals surface area contributed by atoms with Gasteiger partial charge in [-0.2, -0.15) is 13.2 Å². The Morgan fingerprint density at radius 2 is 1.82 bits per heavy atom. The fourth-order valence-corrected chi connectivity index (χ4v) is 5.63. The van der Waals surface area contributed by atoms with Crippen molar-refractivity contribution in [2.45, 2.75) is 64.6 Å². The molecule has 0 aliphatic carbocycles. The molecule has 0 saturated carbocycles. The van der Waals surface area contributed by atoms with E-state index in [1.54, 1.807) is 18.2 Å². The first-order valence-electron chi connectivity index (χ1n) is 12.1. The van der Waals surface area contributed by atoms with Gasteiger partial charge in [-0.05, 0) is 82.3 Å². The minimum absolute atomic E-state index is 0.0143. The molecule has 1 aromatic carbocycles. The molecule has 0 spiro atoms. The number of carbonyl (C=O) groups excluding carboxylic acids is 1. The minimum atomic E-state index is -4.45. The highest BCUT2D eigenvalue weighted by Gasteiger charge is 2.38. The van der Waals surface area contributed by atoms with Crippen LogP contribution in [-0.2, 0) is 11.0 Å². The molecule has 0 N–H and O–H groups in total. The summed E-state index contributed by atoms with van der Waals surface area (Å²) in [5, 5.41) is 0.514. The number of benzene rings is 1. The molecular weight excluding hydrogens is 427 g/mol. The molecule has 2 aliphatic rings. The number of carbonyl (C=O) groups is 1. The zero-order valence-corrected chi connectivity index (χ0v) is 19.8. The fourth-order valence-electron chi connectivity index (χ4n) is 5.63. The van der Waals surface area contributed by atoms with Crippen molar-refractivity contribution in [2.24, 2.45) is 11.8 Å². The second-order valence-electron chi connectivity index (χ2n) is 10.4. The van der Waals surface area contributed by atoms with E-state index in [0.29, 0.717) is 24.3 Å². The lowest BCUT2D eigenvalue weighted by Gasteiger charge is -2.42. The van der Waals surface area contributed by atoms with Gasteiger partial charge in [-0.1, -0.05) is 13.3 Å². The molecule has 0 amide bonds. The van der Waals surface area contributed by atoms with Crippen LogP contribution in [-0.4, -0.2) is 47.4 Å². The van der Waals surface area contributed by atoms with E-state index in [1.165, 1.54) is 12.6 Å². The summed E-state index contributed by atoms with van der Waals surface area (Å²) in [4.78, 5) is 21.9. The lowest BCUT2D eigenvalue weighted by Crippen LogP contribution is -2.53. The van der Waals surface area contributed by atoms with Gasteiger partial charge in [0.1, 0.15) is 0 Å². The Labute approximate surface area is 194 Å². The number of ketones is 1. The third-order valence-electron chi connectivity index (χ3n) is 7.44. The topological polar surface area (TPSA) is 36.4 Å². The molecule has 2 saturated heterocycles. The molecule has 2 atom stereocenters. The highest BCUT2D eigenvalue weighted by atomic mass is 19.4. The molecular formula is C26H34F3N3O. The molecule has 2 aromatic rings. The fraction of sp³-hybridized carbons (Fsp3) is 0.615. The third-order valence-corrected chi connectivity index (χ3v) is 7.44. The lowest BCUT2D eigenvalue weighted by atomic mass is 9.82. The predicted octanol–water partition coefficient (Wildman–Crippen LogP) is 5.94. The Morgan fingerprint density at radius 3 is 2.52 bits per heavy atom. The number of anilines is 1. The lowest BCUT2D eigenvalue weighted by molar-refractivity contribution is -0.136. The molecule has 1 aromatic heterocycles. The van der Waals surface area contributed by atoms with Crippen molar-refractivity contribution in [1.82, 2.24) is 9.88 Å². The van der Waals surface area contributed by atoms with Crippen LogP contribution in [0.5, 0.6) is 0 Å². The molecule has 180 valence electrons. The van der Waals surface area contributed by atoms with E-state index in [9.17, 15) is 18.0 Å². The Kier molecular flexibility index (Phi) is 6.72. The zero-order valence-electron chi connectivity index (χ0n) is 19.8. The molecule has 33 heavy (non-hydrogen) atoms. The van der Waals surface area contributed by atoms with Crippen LogP contribution < -0.4 is 4.90 Å². The van der Waals surface area contributed by atoms with Crippen LogP contribution in [0.25, 0.3) is 10.9 Å². The summed E-state index contributed by atoms with van der Waals surface area (Å²) in [5.41, 5.74) is -0.427. The Balaban J connectivity index is 1.56. The van der Waals surface area contributed by atoms with Crippen molar-refractivity contribution in [3.63, 3.8) is 0 Å². The molecule has 4 nitrogen and oxygen atoms in total. The average molecular weight is 462 g/mol. The van der Waals surface area contributed by atoms with Crippen molar-refractivity contribution in [2.75, 3.05) is 31.1 Å². The number of fused-ring (bicyclic) bond motifs is 1. The second-order valence-corrected chi connectivity index (χ2v) is 10.4.